The Kier molecular flexibility index (Phi) is 11.1. The van der Waals surface area contributed by atoms with Gasteiger partial charge in [0.25, 0.3) is 0 Å². The maximum atomic E-state index is 12.6. The van der Waals surface area contributed by atoms with Gasteiger partial charge in [0, 0.05) is 62.4 Å². The number of piperidine rings is 1. The number of rotatable bonds is 10. The average Bonchev–Trinajstić information content (AvgIpc) is 3.55. The van der Waals surface area contributed by atoms with Crippen LogP contribution in [0.1, 0.15) is 71.9 Å². The van der Waals surface area contributed by atoms with Crippen LogP contribution in [0.5, 0.6) is 0 Å². The summed E-state index contributed by atoms with van der Waals surface area (Å²) in [6, 6.07) is 10.9. The molecule has 2 fully saturated rings. The van der Waals surface area contributed by atoms with Crippen molar-refractivity contribution in [1.29, 1.82) is 0 Å². The first kappa shape index (κ1) is 36.1. The highest BCUT2D eigenvalue weighted by atomic mass is 35.5. The number of anilines is 1. The minimum atomic E-state index is -4.14. The molecule has 0 spiro atoms. The van der Waals surface area contributed by atoms with Gasteiger partial charge in [-0.3, -0.25) is 9.80 Å². The minimum Gasteiger partial charge on any atom is -0.443 e. The molecule has 2 saturated heterocycles. The highest BCUT2D eigenvalue weighted by Gasteiger charge is 2.34. The van der Waals surface area contributed by atoms with E-state index in [0.29, 0.717) is 17.1 Å². The van der Waals surface area contributed by atoms with E-state index in [9.17, 15) is 13.2 Å². The number of amides is 1. The van der Waals surface area contributed by atoms with Crippen molar-refractivity contribution in [3.8, 4) is 11.4 Å². The van der Waals surface area contributed by atoms with Gasteiger partial charge in [-0.2, -0.15) is 13.1 Å². The smallest absolute Gasteiger partial charge is 0.422 e. The summed E-state index contributed by atoms with van der Waals surface area (Å²) in [5.74, 6) is 1.60. The molecule has 262 valence electrons. The quantitative estimate of drug-likeness (QED) is 0.258. The highest BCUT2D eigenvalue weighted by molar-refractivity contribution is 7.88. The topological polar surface area (TPSA) is 136 Å². The third kappa shape index (κ3) is 9.26. The van der Waals surface area contributed by atoms with Crippen molar-refractivity contribution >= 4 is 33.7 Å². The van der Waals surface area contributed by atoms with Crippen molar-refractivity contribution in [2.45, 2.75) is 90.6 Å². The molecule has 14 heteroatoms. The first-order valence-corrected chi connectivity index (χ1v) is 18.5. The molecule has 1 amide bonds. The monoisotopic (exact) mass is 700 g/mol. The molecule has 0 unspecified atom stereocenters. The van der Waals surface area contributed by atoms with Crippen LogP contribution >= 0.6 is 11.6 Å². The summed E-state index contributed by atoms with van der Waals surface area (Å²) >= 11 is 6.72. The standard InChI is InChI=1S/C34H49ClN8O4S/c1-7-27-23-42(31-29(35)20-25(21-38-31)30-36-14-15-37-30)18-19-43(27)28-12-16-41(17-13-28)22-24-8-10-26(11-9-24)34(5,6)40-48(45,46)39-32(44)47-33(2,3)4/h8-11,14-15,20-21,27-28,40H,7,12-13,16-19,22-23H2,1-6H3,(H,36,37)(H,39,44)/t27-/m0/s1. The van der Waals surface area contributed by atoms with Gasteiger partial charge < -0.3 is 14.6 Å². The third-order valence-corrected chi connectivity index (χ3v) is 10.5. The van der Waals surface area contributed by atoms with Crippen molar-refractivity contribution in [2.24, 2.45) is 0 Å². The predicted molar refractivity (Wildman–Crippen MR) is 189 cm³/mol. The summed E-state index contributed by atoms with van der Waals surface area (Å²) in [4.78, 5) is 31.7. The van der Waals surface area contributed by atoms with Crippen LogP contribution in [0, 0.1) is 0 Å². The fourth-order valence-corrected chi connectivity index (χ4v) is 8.03. The molecule has 48 heavy (non-hydrogen) atoms. The Bertz CT molecular complexity index is 1640. The number of piperazine rings is 1. The molecule has 12 nitrogen and oxygen atoms in total. The number of H-pyrrole nitrogens is 1. The van der Waals surface area contributed by atoms with Gasteiger partial charge >= 0.3 is 16.3 Å². The molecular weight excluding hydrogens is 652 g/mol. The van der Waals surface area contributed by atoms with Gasteiger partial charge in [-0.15, -0.1) is 0 Å². The summed E-state index contributed by atoms with van der Waals surface area (Å²) in [5.41, 5.74) is 1.08. The van der Waals surface area contributed by atoms with Gasteiger partial charge in [-0.25, -0.2) is 19.5 Å². The van der Waals surface area contributed by atoms with E-state index in [1.165, 1.54) is 5.56 Å². The Labute approximate surface area is 289 Å². The Hall–Kier alpha value is -3.23. The molecule has 3 aromatic rings. The number of aromatic amines is 1. The summed E-state index contributed by atoms with van der Waals surface area (Å²) in [6.07, 6.45) is 7.63. The average molecular weight is 701 g/mol. The second-order valence-electron chi connectivity index (χ2n) is 14.3. The van der Waals surface area contributed by atoms with Crippen molar-refractivity contribution in [3.63, 3.8) is 0 Å². The van der Waals surface area contributed by atoms with Crippen molar-refractivity contribution in [3.05, 3.63) is 65.1 Å². The van der Waals surface area contributed by atoms with Gasteiger partial charge in [-0.05, 0) is 84.2 Å². The number of nitrogens with zero attached hydrogens (tertiary/aromatic N) is 5. The summed E-state index contributed by atoms with van der Waals surface area (Å²) in [7, 11) is -4.14. The van der Waals surface area contributed by atoms with Crippen LogP contribution in [0.25, 0.3) is 11.4 Å². The van der Waals surface area contributed by atoms with E-state index in [2.05, 4.69) is 36.3 Å². The van der Waals surface area contributed by atoms with E-state index in [1.807, 2.05) is 41.3 Å². The predicted octanol–water partition coefficient (Wildman–Crippen LogP) is 5.28. The number of carbonyl (C=O) groups is 1. The molecule has 0 radical (unpaired) electrons. The van der Waals surface area contributed by atoms with Crippen LogP contribution < -0.4 is 14.3 Å². The van der Waals surface area contributed by atoms with Crippen molar-refractivity contribution in [1.82, 2.24) is 34.2 Å². The van der Waals surface area contributed by atoms with Gasteiger partial charge in [0.15, 0.2) is 0 Å². The number of pyridine rings is 1. The lowest BCUT2D eigenvalue weighted by atomic mass is 9.94. The second kappa shape index (κ2) is 14.7. The van der Waals surface area contributed by atoms with Crippen LogP contribution in [0.2, 0.25) is 5.02 Å². The summed E-state index contributed by atoms with van der Waals surface area (Å²) in [5, 5.41) is 0.647. The molecule has 2 aliphatic heterocycles. The molecule has 4 heterocycles. The number of ether oxygens (including phenoxy) is 1. The van der Waals surface area contributed by atoms with E-state index >= 15 is 0 Å². The Morgan fingerprint density at radius 2 is 1.77 bits per heavy atom. The SMILES string of the molecule is CC[C@H]1CN(c2ncc(-c3ncc[nH]3)cc2Cl)CCN1C1CCN(Cc2ccc(C(C)(C)NS(=O)(=O)NC(=O)OC(C)(C)C)cc2)CC1. The van der Waals surface area contributed by atoms with Crippen molar-refractivity contribution in [2.75, 3.05) is 37.6 Å². The molecule has 1 atom stereocenters. The minimum absolute atomic E-state index is 0.436. The third-order valence-electron chi connectivity index (χ3n) is 9.01. The lowest BCUT2D eigenvalue weighted by Crippen LogP contribution is -2.58. The number of aromatic nitrogens is 3. The fourth-order valence-electron chi connectivity index (χ4n) is 6.65. The Morgan fingerprint density at radius 3 is 2.38 bits per heavy atom. The lowest BCUT2D eigenvalue weighted by molar-refractivity contribution is 0.0569. The van der Waals surface area contributed by atoms with E-state index in [0.717, 1.165) is 81.3 Å². The van der Waals surface area contributed by atoms with Gasteiger partial charge in [0.05, 0.1) is 10.6 Å². The molecule has 3 N–H and O–H groups in total. The lowest BCUT2D eigenvalue weighted by Gasteiger charge is -2.47. The van der Waals surface area contributed by atoms with Crippen LogP contribution in [0.15, 0.2) is 48.9 Å². The zero-order chi connectivity index (χ0) is 34.7. The zero-order valence-corrected chi connectivity index (χ0v) is 30.4. The highest BCUT2D eigenvalue weighted by Crippen LogP contribution is 2.31. The largest absolute Gasteiger partial charge is 0.443 e. The number of likely N-dealkylation sites (tertiary alicyclic amines) is 1. The number of imidazole rings is 1. The second-order valence-corrected chi connectivity index (χ2v) is 16.1. The number of benzene rings is 1. The van der Waals surface area contributed by atoms with Crippen LogP contribution in [0.3, 0.4) is 0 Å². The zero-order valence-electron chi connectivity index (χ0n) is 28.8. The molecular formula is C34H49ClN8O4S. The number of hydrogen-bond donors (Lipinski definition) is 3. The van der Waals surface area contributed by atoms with E-state index < -0.39 is 27.4 Å². The fraction of sp³-hybridized carbons (Fsp3) is 0.559. The maximum Gasteiger partial charge on any atom is 0.422 e. The Morgan fingerprint density at radius 1 is 1.06 bits per heavy atom. The van der Waals surface area contributed by atoms with Gasteiger partial charge in [-0.1, -0.05) is 42.8 Å². The van der Waals surface area contributed by atoms with Crippen LogP contribution in [-0.4, -0.2) is 89.7 Å². The summed E-state index contributed by atoms with van der Waals surface area (Å²) in [6.45, 7) is 16.4. The van der Waals surface area contributed by atoms with Crippen molar-refractivity contribution < 1.29 is 17.9 Å². The molecule has 0 saturated carbocycles. The van der Waals surface area contributed by atoms with Gasteiger partial charge in [0.2, 0.25) is 0 Å². The molecule has 2 aliphatic rings. The molecule has 1 aromatic carbocycles. The van der Waals surface area contributed by atoms with Gasteiger partial charge in [0.1, 0.15) is 17.2 Å². The molecule has 0 bridgehead atoms. The molecule has 5 rings (SSSR count). The number of halogens is 1. The number of nitrogens with one attached hydrogen (secondary N) is 3. The molecule has 0 aliphatic carbocycles. The van der Waals surface area contributed by atoms with E-state index in [1.54, 1.807) is 47.0 Å². The van der Waals surface area contributed by atoms with E-state index in [-0.39, 0.29) is 0 Å². The summed E-state index contributed by atoms with van der Waals surface area (Å²) < 4.78 is 34.8. The van der Waals surface area contributed by atoms with Crippen LogP contribution in [-0.2, 0) is 27.0 Å². The first-order valence-electron chi connectivity index (χ1n) is 16.6. The maximum absolute atomic E-state index is 12.6. The molecule has 2 aromatic heterocycles. The van der Waals surface area contributed by atoms with E-state index in [4.69, 9.17) is 21.3 Å². The number of carbonyl (C=O) groups excluding carboxylic acids is 1. The normalized spacial score (nSPS) is 19.0. The first-order chi connectivity index (χ1) is 22.6. The number of hydrogen-bond acceptors (Lipinski definition) is 9. The Balaban J connectivity index is 1.11. The van der Waals surface area contributed by atoms with Crippen LogP contribution in [0.4, 0.5) is 10.6 Å².